The van der Waals surface area contributed by atoms with E-state index in [-0.39, 0.29) is 41.9 Å². The van der Waals surface area contributed by atoms with E-state index in [9.17, 15) is 14.4 Å². The van der Waals surface area contributed by atoms with Crippen LogP contribution in [-0.2, 0) is 14.3 Å². The van der Waals surface area contributed by atoms with Crippen LogP contribution in [0.1, 0.15) is 93.8 Å². The van der Waals surface area contributed by atoms with Crippen molar-refractivity contribution in [2.24, 2.45) is 11.8 Å². The highest BCUT2D eigenvalue weighted by atomic mass is 16.5. The molecule has 5 rings (SSSR count). The van der Waals surface area contributed by atoms with Gasteiger partial charge in [0.2, 0.25) is 11.8 Å². The van der Waals surface area contributed by atoms with Crippen molar-refractivity contribution in [3.63, 3.8) is 0 Å². The zero-order valence-corrected chi connectivity index (χ0v) is 22.7. The molecule has 38 heavy (non-hydrogen) atoms. The number of amides is 3. The normalized spacial score (nSPS) is 26.8. The van der Waals surface area contributed by atoms with Crippen molar-refractivity contribution in [1.29, 1.82) is 0 Å². The van der Waals surface area contributed by atoms with Crippen LogP contribution in [0.4, 0.5) is 5.69 Å². The van der Waals surface area contributed by atoms with Crippen molar-refractivity contribution < 1.29 is 23.9 Å². The number of fused-ring (bicyclic) bond motifs is 2. The molecule has 3 amide bonds. The van der Waals surface area contributed by atoms with Gasteiger partial charge in [-0.1, -0.05) is 38.5 Å². The van der Waals surface area contributed by atoms with Gasteiger partial charge in [0.1, 0.15) is 18.5 Å². The molecule has 1 aromatic rings. The summed E-state index contributed by atoms with van der Waals surface area (Å²) in [6.07, 6.45) is 12.8. The Labute approximate surface area is 226 Å². The number of nitrogens with zero attached hydrogens (tertiary/aromatic N) is 1. The third-order valence-corrected chi connectivity index (χ3v) is 8.98. The van der Waals surface area contributed by atoms with E-state index in [0.29, 0.717) is 35.9 Å². The van der Waals surface area contributed by atoms with Crippen molar-refractivity contribution >= 4 is 23.4 Å². The lowest BCUT2D eigenvalue weighted by molar-refractivity contribution is -0.134. The van der Waals surface area contributed by atoms with E-state index in [2.05, 4.69) is 10.6 Å². The topological polar surface area (TPSA) is 97.0 Å². The van der Waals surface area contributed by atoms with Gasteiger partial charge in [-0.3, -0.25) is 14.4 Å². The maximum Gasteiger partial charge on any atom is 0.257 e. The third kappa shape index (κ3) is 6.50. The summed E-state index contributed by atoms with van der Waals surface area (Å²) in [5.74, 6) is 1.07. The molecule has 1 aromatic carbocycles. The third-order valence-electron chi connectivity index (χ3n) is 8.98. The average molecular weight is 526 g/mol. The van der Waals surface area contributed by atoms with E-state index in [4.69, 9.17) is 9.47 Å². The van der Waals surface area contributed by atoms with Crippen molar-refractivity contribution in [3.05, 3.63) is 23.8 Å². The maximum absolute atomic E-state index is 13.5. The van der Waals surface area contributed by atoms with Gasteiger partial charge in [0, 0.05) is 25.2 Å². The SMILES string of the molecule is CN1C(=O)c2cc(NC(=O)C3CCCCC3)ccc2OC[C@H]2O[C@@H](CC(=O)NCC3CCCCC3)CC[C@H]21. The second-order valence-electron chi connectivity index (χ2n) is 11.7. The molecule has 0 bridgehead atoms. The van der Waals surface area contributed by atoms with E-state index in [1.807, 2.05) is 7.05 Å². The van der Waals surface area contributed by atoms with Gasteiger partial charge >= 0.3 is 0 Å². The summed E-state index contributed by atoms with van der Waals surface area (Å²) in [4.78, 5) is 40.6. The number of likely N-dealkylation sites (N-methyl/N-ethyl adjacent to an activating group) is 1. The van der Waals surface area contributed by atoms with Crippen LogP contribution in [0, 0.1) is 11.8 Å². The molecule has 3 atom stereocenters. The molecule has 2 N–H and O–H groups in total. The molecule has 8 nitrogen and oxygen atoms in total. The molecule has 0 radical (unpaired) electrons. The van der Waals surface area contributed by atoms with Gasteiger partial charge in [0.15, 0.2) is 0 Å². The highest BCUT2D eigenvalue weighted by Crippen LogP contribution is 2.33. The number of carbonyl (C=O) groups is 3. The van der Waals surface area contributed by atoms with E-state index >= 15 is 0 Å². The van der Waals surface area contributed by atoms with Crippen molar-refractivity contribution in [3.8, 4) is 5.75 Å². The molecule has 2 aliphatic heterocycles. The van der Waals surface area contributed by atoms with E-state index < -0.39 is 0 Å². The number of nitrogens with one attached hydrogen (secondary N) is 2. The van der Waals surface area contributed by atoms with Gasteiger partial charge in [-0.05, 0) is 62.6 Å². The van der Waals surface area contributed by atoms with E-state index in [0.717, 1.165) is 45.1 Å². The van der Waals surface area contributed by atoms with Crippen LogP contribution >= 0.6 is 0 Å². The number of benzene rings is 1. The monoisotopic (exact) mass is 525 g/mol. The molecule has 0 unspecified atom stereocenters. The fraction of sp³-hybridized carbons (Fsp3) is 0.700. The van der Waals surface area contributed by atoms with Crippen molar-refractivity contribution in [2.45, 2.75) is 102 Å². The van der Waals surface area contributed by atoms with Crippen molar-refractivity contribution in [2.75, 3.05) is 25.5 Å². The minimum absolute atomic E-state index is 0.0341. The minimum atomic E-state index is -0.298. The minimum Gasteiger partial charge on any atom is -0.490 e. The first kappa shape index (κ1) is 27.0. The molecule has 2 aliphatic carbocycles. The number of anilines is 1. The first-order chi connectivity index (χ1) is 18.5. The van der Waals surface area contributed by atoms with Gasteiger partial charge in [-0.2, -0.15) is 0 Å². The molecule has 1 saturated heterocycles. The molecule has 3 fully saturated rings. The Kier molecular flexibility index (Phi) is 8.87. The Morgan fingerprint density at radius 2 is 1.71 bits per heavy atom. The Morgan fingerprint density at radius 1 is 0.974 bits per heavy atom. The number of hydrogen-bond acceptors (Lipinski definition) is 5. The molecule has 208 valence electrons. The van der Waals surface area contributed by atoms with Gasteiger partial charge in [0.25, 0.3) is 5.91 Å². The van der Waals surface area contributed by atoms with Crippen LogP contribution in [-0.4, -0.2) is 61.1 Å². The molecule has 2 heterocycles. The highest BCUT2D eigenvalue weighted by Gasteiger charge is 2.39. The average Bonchev–Trinajstić information content (AvgIpc) is 2.95. The molecule has 8 heteroatoms. The fourth-order valence-corrected chi connectivity index (χ4v) is 6.64. The van der Waals surface area contributed by atoms with E-state index in [1.54, 1.807) is 23.1 Å². The van der Waals surface area contributed by atoms with Crippen LogP contribution in [0.25, 0.3) is 0 Å². The largest absolute Gasteiger partial charge is 0.490 e. The Hall–Kier alpha value is -2.61. The molecule has 2 saturated carbocycles. The van der Waals surface area contributed by atoms with Gasteiger partial charge in [0.05, 0.1) is 24.1 Å². The second kappa shape index (κ2) is 12.5. The standard InChI is InChI=1S/C30H43N3O5/c1-33-25-14-13-23(17-28(34)31-18-20-8-4-2-5-9-20)38-27(25)19-37-26-15-12-22(16-24(26)30(33)36)32-29(35)21-10-6-3-7-11-21/h12,15-16,20-21,23,25,27H,2-11,13-14,17-19H2,1H3,(H,31,34)(H,32,35)/t23-,25-,27-/m1/s1. The summed E-state index contributed by atoms with van der Waals surface area (Å²) >= 11 is 0. The summed E-state index contributed by atoms with van der Waals surface area (Å²) in [6, 6.07) is 5.17. The smallest absolute Gasteiger partial charge is 0.257 e. The molecular weight excluding hydrogens is 482 g/mol. The maximum atomic E-state index is 13.5. The molecule has 0 spiro atoms. The Balaban J connectivity index is 1.18. The number of hydrogen-bond donors (Lipinski definition) is 2. The Morgan fingerprint density at radius 3 is 2.47 bits per heavy atom. The van der Waals surface area contributed by atoms with E-state index in [1.165, 1.54) is 38.5 Å². The molecule has 4 aliphatic rings. The number of ether oxygens (including phenoxy) is 2. The quantitative estimate of drug-likeness (QED) is 0.563. The number of rotatable bonds is 6. The lowest BCUT2D eigenvalue weighted by Gasteiger charge is -2.42. The second-order valence-corrected chi connectivity index (χ2v) is 11.7. The first-order valence-electron chi connectivity index (χ1n) is 14.7. The summed E-state index contributed by atoms with van der Waals surface area (Å²) in [7, 11) is 1.81. The van der Waals surface area contributed by atoms with Gasteiger partial charge in [-0.25, -0.2) is 0 Å². The summed E-state index contributed by atoms with van der Waals surface area (Å²) in [5.41, 5.74) is 1.08. The van der Waals surface area contributed by atoms with Crippen LogP contribution in [0.2, 0.25) is 0 Å². The Bertz CT molecular complexity index is 1000. The van der Waals surface area contributed by atoms with Crippen molar-refractivity contribution in [1.82, 2.24) is 10.2 Å². The van der Waals surface area contributed by atoms with Crippen LogP contribution in [0.5, 0.6) is 5.75 Å². The van der Waals surface area contributed by atoms with Crippen LogP contribution in [0.15, 0.2) is 18.2 Å². The van der Waals surface area contributed by atoms with Gasteiger partial charge < -0.3 is 25.0 Å². The highest BCUT2D eigenvalue weighted by molar-refractivity contribution is 6.00. The summed E-state index contributed by atoms with van der Waals surface area (Å²) in [6.45, 7) is 1.07. The zero-order valence-electron chi connectivity index (χ0n) is 22.7. The fourth-order valence-electron chi connectivity index (χ4n) is 6.64. The van der Waals surface area contributed by atoms with Crippen LogP contribution < -0.4 is 15.4 Å². The predicted octanol–water partition coefficient (Wildman–Crippen LogP) is 4.67. The predicted molar refractivity (Wildman–Crippen MR) is 145 cm³/mol. The lowest BCUT2D eigenvalue weighted by atomic mass is 9.88. The first-order valence-corrected chi connectivity index (χ1v) is 14.7. The lowest BCUT2D eigenvalue weighted by Crippen LogP contribution is -2.54. The molecule has 0 aromatic heterocycles. The summed E-state index contributed by atoms with van der Waals surface area (Å²) < 4.78 is 12.4. The number of carbonyl (C=O) groups excluding carboxylic acids is 3. The zero-order chi connectivity index (χ0) is 26.5. The molecular formula is C30H43N3O5. The van der Waals surface area contributed by atoms with Crippen LogP contribution in [0.3, 0.4) is 0 Å². The van der Waals surface area contributed by atoms with Gasteiger partial charge in [-0.15, -0.1) is 0 Å². The summed E-state index contributed by atoms with van der Waals surface area (Å²) in [5, 5.41) is 6.13.